The molecule has 2 aliphatic rings. The number of nitrogens with zero attached hydrogens (tertiary/aromatic N) is 2. The number of anilines is 1. The van der Waals surface area contributed by atoms with Gasteiger partial charge in [-0.2, -0.15) is 0 Å². The van der Waals surface area contributed by atoms with Crippen molar-refractivity contribution >= 4 is 22.5 Å². The maximum atomic E-state index is 12.5. The van der Waals surface area contributed by atoms with Gasteiger partial charge < -0.3 is 10.6 Å². The number of pyridine rings is 1. The van der Waals surface area contributed by atoms with Gasteiger partial charge in [-0.3, -0.25) is 4.79 Å². The van der Waals surface area contributed by atoms with E-state index < -0.39 is 0 Å². The van der Waals surface area contributed by atoms with Crippen LogP contribution < -0.4 is 5.73 Å². The zero-order valence-corrected chi connectivity index (χ0v) is 10.6. The summed E-state index contributed by atoms with van der Waals surface area (Å²) in [5, 5.41) is 0.880. The fraction of sp³-hybridized carbons (Fsp3) is 0.333. The van der Waals surface area contributed by atoms with E-state index in [9.17, 15) is 4.79 Å². The summed E-state index contributed by atoms with van der Waals surface area (Å²) >= 11 is 0. The van der Waals surface area contributed by atoms with Gasteiger partial charge in [0.1, 0.15) is 0 Å². The average molecular weight is 253 g/mol. The third-order valence-corrected chi connectivity index (χ3v) is 4.32. The molecule has 2 heterocycles. The summed E-state index contributed by atoms with van der Waals surface area (Å²) in [5.41, 5.74) is 9.13. The second-order valence-electron chi connectivity index (χ2n) is 5.38. The molecule has 0 radical (unpaired) electrons. The molecule has 1 aromatic carbocycles. The van der Waals surface area contributed by atoms with Gasteiger partial charge in [-0.15, -0.1) is 0 Å². The van der Waals surface area contributed by atoms with Crippen molar-refractivity contribution in [1.29, 1.82) is 0 Å². The molecule has 4 heteroatoms. The molecule has 0 saturated heterocycles. The van der Waals surface area contributed by atoms with Gasteiger partial charge in [0, 0.05) is 11.4 Å². The van der Waals surface area contributed by atoms with Crippen LogP contribution in [-0.4, -0.2) is 21.8 Å². The normalized spacial score (nSPS) is 18.7. The van der Waals surface area contributed by atoms with Crippen LogP contribution in [0.2, 0.25) is 0 Å². The lowest BCUT2D eigenvalue weighted by Crippen LogP contribution is -2.40. The largest absolute Gasteiger partial charge is 0.397 e. The highest BCUT2D eigenvalue weighted by atomic mass is 16.2. The lowest BCUT2D eigenvalue weighted by molar-refractivity contribution is 0.0606. The number of benzene rings is 1. The first-order valence-electron chi connectivity index (χ1n) is 6.74. The van der Waals surface area contributed by atoms with E-state index in [0.29, 0.717) is 23.8 Å². The number of nitrogens with two attached hydrogens (primary N) is 1. The number of carbonyl (C=O) groups is 1. The first kappa shape index (κ1) is 10.8. The first-order valence-corrected chi connectivity index (χ1v) is 6.74. The van der Waals surface area contributed by atoms with Gasteiger partial charge in [0.05, 0.1) is 29.0 Å². The molecule has 0 unspecified atom stereocenters. The molecule has 2 aromatic rings. The Kier molecular flexibility index (Phi) is 2.10. The quantitative estimate of drug-likeness (QED) is 0.848. The van der Waals surface area contributed by atoms with E-state index in [1.165, 1.54) is 6.42 Å². The highest BCUT2D eigenvalue weighted by Crippen LogP contribution is 2.36. The molecular formula is C15H15N3O. The summed E-state index contributed by atoms with van der Waals surface area (Å²) in [6, 6.07) is 8.14. The Labute approximate surface area is 111 Å². The molecule has 1 aliphatic heterocycles. The first-order chi connectivity index (χ1) is 9.25. The molecule has 1 aromatic heterocycles. The number of carbonyl (C=O) groups excluding carboxylic acids is 1. The number of para-hydroxylation sites is 1. The fourth-order valence-corrected chi connectivity index (χ4v) is 3.01. The third-order valence-electron chi connectivity index (χ3n) is 4.32. The van der Waals surface area contributed by atoms with E-state index in [1.807, 2.05) is 29.2 Å². The molecule has 19 heavy (non-hydrogen) atoms. The Morgan fingerprint density at radius 2 is 2.05 bits per heavy atom. The van der Waals surface area contributed by atoms with Crippen LogP contribution in [0.4, 0.5) is 5.69 Å². The lowest BCUT2D eigenvalue weighted by Gasteiger charge is -2.34. The molecule has 0 bridgehead atoms. The van der Waals surface area contributed by atoms with Crippen molar-refractivity contribution in [1.82, 2.24) is 9.88 Å². The maximum absolute atomic E-state index is 12.5. The van der Waals surface area contributed by atoms with Gasteiger partial charge >= 0.3 is 0 Å². The van der Waals surface area contributed by atoms with Gasteiger partial charge in [0.2, 0.25) is 0 Å². The Morgan fingerprint density at radius 1 is 1.26 bits per heavy atom. The number of amides is 1. The summed E-state index contributed by atoms with van der Waals surface area (Å²) in [5.74, 6) is 0.0652. The molecule has 0 spiro atoms. The van der Waals surface area contributed by atoms with Gasteiger partial charge in [-0.05, 0) is 25.3 Å². The van der Waals surface area contributed by atoms with E-state index in [4.69, 9.17) is 5.73 Å². The fourth-order valence-electron chi connectivity index (χ4n) is 3.01. The molecule has 1 saturated carbocycles. The predicted molar refractivity (Wildman–Crippen MR) is 73.7 cm³/mol. The molecule has 1 aliphatic carbocycles. The Morgan fingerprint density at radius 3 is 2.79 bits per heavy atom. The van der Waals surface area contributed by atoms with Crippen LogP contribution in [0.3, 0.4) is 0 Å². The van der Waals surface area contributed by atoms with Gasteiger partial charge in [0.25, 0.3) is 5.91 Å². The summed E-state index contributed by atoms with van der Waals surface area (Å²) < 4.78 is 0. The third kappa shape index (κ3) is 1.40. The minimum atomic E-state index is 0.0652. The minimum absolute atomic E-state index is 0.0652. The van der Waals surface area contributed by atoms with Crippen LogP contribution in [0.1, 0.15) is 35.3 Å². The molecule has 96 valence electrons. The van der Waals surface area contributed by atoms with E-state index in [0.717, 1.165) is 29.4 Å². The van der Waals surface area contributed by atoms with Gasteiger partial charge in [-0.25, -0.2) is 4.98 Å². The number of hydrogen-bond acceptors (Lipinski definition) is 3. The van der Waals surface area contributed by atoms with Crippen molar-refractivity contribution in [3.8, 4) is 0 Å². The standard InChI is InChI=1S/C15H15N3O/c16-14-10-6-1-2-7-11(10)17-12-8-18(9-4-3-5-9)15(19)13(12)14/h1-2,6-7,9H,3-5,8H2,(H2,16,17). The molecule has 1 fully saturated rings. The van der Waals surface area contributed by atoms with Gasteiger partial charge in [0.15, 0.2) is 0 Å². The van der Waals surface area contributed by atoms with Crippen molar-refractivity contribution in [2.45, 2.75) is 31.8 Å². The number of aromatic nitrogens is 1. The van der Waals surface area contributed by atoms with E-state index in [2.05, 4.69) is 4.98 Å². The average Bonchev–Trinajstić information content (AvgIpc) is 2.65. The number of hydrogen-bond donors (Lipinski definition) is 1. The van der Waals surface area contributed by atoms with Crippen molar-refractivity contribution in [3.63, 3.8) is 0 Å². The summed E-state index contributed by atoms with van der Waals surface area (Å²) in [6.07, 6.45) is 3.44. The van der Waals surface area contributed by atoms with Crippen molar-refractivity contribution in [2.75, 3.05) is 5.73 Å². The monoisotopic (exact) mass is 253 g/mol. The molecule has 1 amide bonds. The predicted octanol–water partition coefficient (Wildman–Crippen LogP) is 2.33. The summed E-state index contributed by atoms with van der Waals surface area (Å²) in [7, 11) is 0. The number of fused-ring (bicyclic) bond motifs is 2. The van der Waals surface area contributed by atoms with Crippen LogP contribution in [0, 0.1) is 0 Å². The van der Waals surface area contributed by atoms with E-state index >= 15 is 0 Å². The Balaban J connectivity index is 1.88. The second-order valence-corrected chi connectivity index (χ2v) is 5.38. The minimum Gasteiger partial charge on any atom is -0.397 e. The highest BCUT2D eigenvalue weighted by molar-refractivity contribution is 6.09. The molecule has 4 nitrogen and oxygen atoms in total. The van der Waals surface area contributed by atoms with Gasteiger partial charge in [-0.1, -0.05) is 18.2 Å². The molecule has 4 rings (SSSR count). The number of rotatable bonds is 1. The van der Waals surface area contributed by atoms with Crippen LogP contribution in [-0.2, 0) is 6.54 Å². The molecular weight excluding hydrogens is 238 g/mol. The Hall–Kier alpha value is -2.10. The van der Waals surface area contributed by atoms with Crippen LogP contribution in [0.5, 0.6) is 0 Å². The van der Waals surface area contributed by atoms with Crippen molar-refractivity contribution in [3.05, 3.63) is 35.5 Å². The van der Waals surface area contributed by atoms with Crippen LogP contribution in [0.25, 0.3) is 10.9 Å². The molecule has 0 atom stereocenters. The SMILES string of the molecule is Nc1c2c(nc3ccccc13)CN(C1CCC1)C2=O. The Bertz CT molecular complexity index is 691. The smallest absolute Gasteiger partial charge is 0.258 e. The van der Waals surface area contributed by atoms with E-state index in [-0.39, 0.29) is 5.91 Å². The maximum Gasteiger partial charge on any atom is 0.258 e. The number of nitrogen functional groups attached to an aromatic ring is 1. The second kappa shape index (κ2) is 3.70. The molecule has 2 N–H and O–H groups in total. The zero-order valence-electron chi connectivity index (χ0n) is 10.6. The summed E-state index contributed by atoms with van der Waals surface area (Å²) in [4.78, 5) is 19.1. The van der Waals surface area contributed by atoms with Crippen molar-refractivity contribution < 1.29 is 4.79 Å². The van der Waals surface area contributed by atoms with E-state index in [1.54, 1.807) is 0 Å². The zero-order chi connectivity index (χ0) is 13.0. The highest BCUT2D eigenvalue weighted by Gasteiger charge is 2.38. The van der Waals surface area contributed by atoms with Crippen LogP contribution >= 0.6 is 0 Å². The topological polar surface area (TPSA) is 59.2 Å². The summed E-state index contributed by atoms with van der Waals surface area (Å²) in [6.45, 7) is 0.619. The van der Waals surface area contributed by atoms with Crippen LogP contribution in [0.15, 0.2) is 24.3 Å². The van der Waals surface area contributed by atoms with Crippen molar-refractivity contribution in [2.24, 2.45) is 0 Å². The lowest BCUT2D eigenvalue weighted by atomic mass is 9.92.